The van der Waals surface area contributed by atoms with Crippen molar-refractivity contribution in [3.05, 3.63) is 76.7 Å². The summed E-state index contributed by atoms with van der Waals surface area (Å²) in [5.41, 5.74) is 5.72. The van der Waals surface area contributed by atoms with Crippen molar-refractivity contribution in [3.63, 3.8) is 0 Å². The lowest BCUT2D eigenvalue weighted by Gasteiger charge is -2.20. The van der Waals surface area contributed by atoms with Gasteiger partial charge >= 0.3 is 0 Å². The third-order valence-electron chi connectivity index (χ3n) is 5.40. The molecule has 0 aliphatic heterocycles. The molecule has 4 rings (SSSR count). The van der Waals surface area contributed by atoms with Gasteiger partial charge in [-0.05, 0) is 47.2 Å². The van der Waals surface area contributed by atoms with E-state index < -0.39 is 0 Å². The fraction of sp³-hybridized carbons (Fsp3) is 0.280. The van der Waals surface area contributed by atoms with Crippen molar-refractivity contribution in [2.45, 2.75) is 46.0 Å². The molecule has 2 heterocycles. The topological polar surface area (TPSA) is 46.4 Å². The number of thiazole rings is 1. The number of hydrogen-bond acceptors (Lipinski definition) is 3. The minimum Gasteiger partial charge on any atom is -0.325 e. The van der Waals surface area contributed by atoms with Crippen molar-refractivity contribution in [1.29, 1.82) is 0 Å². The van der Waals surface area contributed by atoms with Gasteiger partial charge in [0.25, 0.3) is 0 Å². The Morgan fingerprint density at radius 1 is 1.06 bits per heavy atom. The van der Waals surface area contributed by atoms with Crippen LogP contribution in [0.2, 0.25) is 0 Å². The second-order valence-electron chi connectivity index (χ2n) is 8.36. The lowest BCUT2D eigenvalue weighted by atomic mass is 9.92. The molecule has 0 fully saturated rings. The molecule has 1 amide bonds. The van der Waals surface area contributed by atoms with Gasteiger partial charge in [0.2, 0.25) is 5.91 Å². The fourth-order valence-corrected chi connectivity index (χ4v) is 4.63. The Bertz CT molecular complexity index is 1200. The van der Waals surface area contributed by atoms with Gasteiger partial charge in [0.15, 0.2) is 4.96 Å². The number of imidazole rings is 1. The summed E-state index contributed by atoms with van der Waals surface area (Å²) < 4.78 is 15.2. The standard InChI is InChI=1S/C25H26FN3OS/c1-15(2)20-6-5-7-21(16(3)4)24(20)28-23(30)12-19-14-31-25-27-22(13-29(19)25)17-8-10-18(26)11-9-17/h5-11,13-16H,12H2,1-4H3,(H,28,30). The van der Waals surface area contributed by atoms with Gasteiger partial charge in [-0.25, -0.2) is 9.37 Å². The molecule has 2 aromatic heterocycles. The maximum atomic E-state index is 13.2. The number of amides is 1. The number of hydrogen-bond donors (Lipinski definition) is 1. The first-order chi connectivity index (χ1) is 14.8. The lowest BCUT2D eigenvalue weighted by molar-refractivity contribution is -0.115. The third kappa shape index (κ3) is 4.39. The summed E-state index contributed by atoms with van der Waals surface area (Å²) in [6.45, 7) is 8.56. The number of nitrogens with zero attached hydrogens (tertiary/aromatic N) is 2. The van der Waals surface area contributed by atoms with Crippen LogP contribution in [0.1, 0.15) is 56.4 Å². The lowest BCUT2D eigenvalue weighted by Crippen LogP contribution is -2.18. The first-order valence-corrected chi connectivity index (χ1v) is 11.4. The van der Waals surface area contributed by atoms with E-state index in [4.69, 9.17) is 0 Å². The third-order valence-corrected chi connectivity index (χ3v) is 6.29. The van der Waals surface area contributed by atoms with E-state index in [1.54, 1.807) is 12.1 Å². The Morgan fingerprint density at radius 3 is 2.32 bits per heavy atom. The van der Waals surface area contributed by atoms with Crippen LogP contribution >= 0.6 is 11.3 Å². The zero-order valence-electron chi connectivity index (χ0n) is 18.1. The summed E-state index contributed by atoms with van der Waals surface area (Å²) in [4.78, 5) is 18.4. The van der Waals surface area contributed by atoms with Crippen LogP contribution in [0.5, 0.6) is 0 Å². The zero-order valence-corrected chi connectivity index (χ0v) is 19.0. The van der Waals surface area contributed by atoms with Crippen LogP contribution in [0.15, 0.2) is 54.0 Å². The summed E-state index contributed by atoms with van der Waals surface area (Å²) in [6.07, 6.45) is 2.16. The predicted molar refractivity (Wildman–Crippen MR) is 125 cm³/mol. The Hall–Kier alpha value is -2.99. The molecule has 0 saturated heterocycles. The highest BCUT2D eigenvalue weighted by molar-refractivity contribution is 7.15. The predicted octanol–water partition coefficient (Wildman–Crippen LogP) is 6.63. The number of benzene rings is 2. The molecule has 0 atom stereocenters. The molecule has 0 aliphatic rings. The minimum atomic E-state index is -0.274. The van der Waals surface area contributed by atoms with Gasteiger partial charge in [-0.3, -0.25) is 9.20 Å². The van der Waals surface area contributed by atoms with Gasteiger partial charge < -0.3 is 5.32 Å². The van der Waals surface area contributed by atoms with E-state index in [2.05, 4.69) is 56.2 Å². The summed E-state index contributed by atoms with van der Waals surface area (Å²) >= 11 is 1.49. The van der Waals surface area contributed by atoms with E-state index in [0.717, 1.165) is 38.7 Å². The molecule has 4 aromatic rings. The van der Waals surface area contributed by atoms with Crippen LogP contribution < -0.4 is 5.32 Å². The molecule has 6 heteroatoms. The number of halogens is 1. The molecule has 0 spiro atoms. The fourth-order valence-electron chi connectivity index (χ4n) is 3.76. The summed E-state index contributed by atoms with van der Waals surface area (Å²) in [7, 11) is 0. The number of para-hydroxylation sites is 1. The van der Waals surface area contributed by atoms with Crippen molar-refractivity contribution < 1.29 is 9.18 Å². The second-order valence-corrected chi connectivity index (χ2v) is 9.20. The van der Waals surface area contributed by atoms with Crippen LogP contribution in [0.3, 0.4) is 0 Å². The molecule has 0 unspecified atom stereocenters. The van der Waals surface area contributed by atoms with Crippen molar-refractivity contribution in [2.75, 3.05) is 5.32 Å². The van der Waals surface area contributed by atoms with Gasteiger partial charge in [0, 0.05) is 28.5 Å². The summed E-state index contributed by atoms with van der Waals surface area (Å²) in [5, 5.41) is 5.15. The van der Waals surface area contributed by atoms with E-state index in [-0.39, 0.29) is 18.1 Å². The molecule has 0 bridgehead atoms. The van der Waals surface area contributed by atoms with Crippen molar-refractivity contribution in [3.8, 4) is 11.3 Å². The molecule has 160 valence electrons. The highest BCUT2D eigenvalue weighted by Crippen LogP contribution is 2.32. The molecule has 1 N–H and O–H groups in total. The molecule has 0 aliphatic carbocycles. The first kappa shape index (κ1) is 21.2. The number of carbonyl (C=O) groups is 1. The Kier molecular flexibility index (Phi) is 5.92. The number of anilines is 1. The normalized spacial score (nSPS) is 11.6. The molecule has 31 heavy (non-hydrogen) atoms. The first-order valence-electron chi connectivity index (χ1n) is 10.5. The molecular weight excluding hydrogens is 409 g/mol. The van der Waals surface area contributed by atoms with E-state index in [0.29, 0.717) is 11.8 Å². The number of rotatable bonds is 6. The number of nitrogens with one attached hydrogen (secondary N) is 1. The van der Waals surface area contributed by atoms with Crippen LogP contribution in [-0.4, -0.2) is 15.3 Å². The van der Waals surface area contributed by atoms with Crippen molar-refractivity contribution in [1.82, 2.24) is 9.38 Å². The van der Waals surface area contributed by atoms with Crippen LogP contribution in [0.4, 0.5) is 10.1 Å². The maximum Gasteiger partial charge on any atom is 0.230 e. The minimum absolute atomic E-state index is 0.0493. The van der Waals surface area contributed by atoms with Crippen LogP contribution in [0, 0.1) is 5.82 Å². The van der Waals surface area contributed by atoms with E-state index in [1.165, 1.54) is 23.5 Å². The van der Waals surface area contributed by atoms with Crippen molar-refractivity contribution >= 4 is 27.9 Å². The zero-order chi connectivity index (χ0) is 22.1. The van der Waals surface area contributed by atoms with Gasteiger partial charge in [-0.2, -0.15) is 0 Å². The van der Waals surface area contributed by atoms with Crippen LogP contribution in [-0.2, 0) is 11.2 Å². The highest BCUT2D eigenvalue weighted by Gasteiger charge is 2.18. The quantitative estimate of drug-likeness (QED) is 0.369. The molecule has 2 aromatic carbocycles. The van der Waals surface area contributed by atoms with Crippen molar-refractivity contribution in [2.24, 2.45) is 0 Å². The van der Waals surface area contributed by atoms with E-state index in [1.807, 2.05) is 16.0 Å². The average molecular weight is 436 g/mol. The number of fused-ring (bicyclic) bond motifs is 1. The van der Waals surface area contributed by atoms with Gasteiger partial charge in [0.1, 0.15) is 5.82 Å². The smallest absolute Gasteiger partial charge is 0.230 e. The maximum absolute atomic E-state index is 13.2. The van der Waals surface area contributed by atoms with Gasteiger partial charge in [-0.1, -0.05) is 45.9 Å². The molecule has 4 nitrogen and oxygen atoms in total. The van der Waals surface area contributed by atoms with E-state index >= 15 is 0 Å². The molecular formula is C25H26FN3OS. The Labute approximate surface area is 185 Å². The Morgan fingerprint density at radius 2 is 1.71 bits per heavy atom. The largest absolute Gasteiger partial charge is 0.325 e. The summed E-state index contributed by atoms with van der Waals surface area (Å²) in [6, 6.07) is 12.5. The summed E-state index contributed by atoms with van der Waals surface area (Å²) in [5.74, 6) is 0.304. The van der Waals surface area contributed by atoms with Gasteiger partial charge in [-0.15, -0.1) is 11.3 Å². The molecule has 0 saturated carbocycles. The average Bonchev–Trinajstić information content (AvgIpc) is 3.30. The highest BCUT2D eigenvalue weighted by atomic mass is 32.1. The number of aromatic nitrogens is 2. The Balaban J connectivity index is 1.59. The van der Waals surface area contributed by atoms with Crippen LogP contribution in [0.25, 0.3) is 16.2 Å². The van der Waals surface area contributed by atoms with Gasteiger partial charge in [0.05, 0.1) is 12.1 Å². The second kappa shape index (κ2) is 8.63. The monoisotopic (exact) mass is 435 g/mol. The SMILES string of the molecule is CC(C)c1cccc(C(C)C)c1NC(=O)Cc1csc2nc(-c3ccc(F)cc3)cn12. The molecule has 0 radical (unpaired) electrons. The van der Waals surface area contributed by atoms with E-state index in [9.17, 15) is 9.18 Å². The number of carbonyl (C=O) groups excluding carboxylic acids is 1.